The molecule has 0 fully saturated rings. The van der Waals surface area contributed by atoms with E-state index in [9.17, 15) is 22.8 Å². The summed E-state index contributed by atoms with van der Waals surface area (Å²) in [6.07, 6.45) is -2.74. The van der Waals surface area contributed by atoms with Crippen LogP contribution in [0.3, 0.4) is 0 Å². The van der Waals surface area contributed by atoms with E-state index < -0.39 is 22.9 Å². The van der Waals surface area contributed by atoms with Crippen LogP contribution in [0.5, 0.6) is 0 Å². The van der Waals surface area contributed by atoms with Gasteiger partial charge in [0.05, 0.1) is 16.5 Å². The SMILES string of the molecule is N#Cc1cc2c(=O)n(CCc3cccc(C(F)(F)F)c3)ccc2[nH]c1=O. The second-order valence-corrected chi connectivity index (χ2v) is 5.71. The number of aromatic nitrogens is 2. The van der Waals surface area contributed by atoms with Crippen LogP contribution < -0.4 is 11.1 Å². The van der Waals surface area contributed by atoms with Crippen molar-refractivity contribution in [3.8, 4) is 6.07 Å². The average molecular weight is 359 g/mol. The fourth-order valence-corrected chi connectivity index (χ4v) is 2.65. The Hall–Kier alpha value is -3.34. The van der Waals surface area contributed by atoms with Gasteiger partial charge >= 0.3 is 6.18 Å². The van der Waals surface area contributed by atoms with Gasteiger partial charge < -0.3 is 9.55 Å². The second kappa shape index (κ2) is 6.52. The van der Waals surface area contributed by atoms with E-state index in [0.717, 1.165) is 12.1 Å². The van der Waals surface area contributed by atoms with E-state index in [1.165, 1.54) is 29.0 Å². The standard InChI is InChI=1S/C18H12F3N3O2/c19-18(20,21)13-3-1-2-11(8-13)4-6-24-7-5-15-14(17(24)26)9-12(10-22)16(25)23-15/h1-3,5,7-9H,4,6H2,(H,23,25). The maximum atomic E-state index is 12.8. The summed E-state index contributed by atoms with van der Waals surface area (Å²) in [6.45, 7) is 0.164. The monoisotopic (exact) mass is 359 g/mol. The first kappa shape index (κ1) is 17.5. The molecule has 3 rings (SSSR count). The lowest BCUT2D eigenvalue weighted by atomic mass is 10.1. The molecule has 1 N–H and O–H groups in total. The van der Waals surface area contributed by atoms with E-state index in [0.29, 0.717) is 11.1 Å². The van der Waals surface area contributed by atoms with Gasteiger partial charge in [0.1, 0.15) is 11.6 Å². The summed E-state index contributed by atoms with van der Waals surface area (Å²) in [5.74, 6) is 0. The molecular formula is C18H12F3N3O2. The zero-order chi connectivity index (χ0) is 18.9. The van der Waals surface area contributed by atoms with Crippen molar-refractivity contribution in [2.75, 3.05) is 0 Å². The van der Waals surface area contributed by atoms with Gasteiger partial charge in [-0.3, -0.25) is 9.59 Å². The fourth-order valence-electron chi connectivity index (χ4n) is 2.65. The molecule has 0 saturated carbocycles. The molecule has 0 radical (unpaired) electrons. The zero-order valence-corrected chi connectivity index (χ0v) is 13.3. The van der Waals surface area contributed by atoms with Gasteiger partial charge in [-0.2, -0.15) is 18.4 Å². The second-order valence-electron chi connectivity index (χ2n) is 5.71. The molecule has 0 amide bonds. The Morgan fingerprint density at radius 3 is 2.62 bits per heavy atom. The molecule has 8 heteroatoms. The first-order valence-corrected chi connectivity index (χ1v) is 7.62. The fraction of sp³-hybridized carbons (Fsp3) is 0.167. The number of fused-ring (bicyclic) bond motifs is 1. The summed E-state index contributed by atoms with van der Waals surface area (Å²) < 4.78 is 39.6. The highest BCUT2D eigenvalue weighted by molar-refractivity contribution is 5.78. The molecule has 0 aliphatic heterocycles. The number of aryl methyl sites for hydroxylation is 2. The van der Waals surface area contributed by atoms with Crippen LogP contribution in [0.2, 0.25) is 0 Å². The number of hydrogen-bond acceptors (Lipinski definition) is 3. The van der Waals surface area contributed by atoms with Crippen molar-refractivity contribution in [1.29, 1.82) is 5.26 Å². The number of aromatic amines is 1. The lowest BCUT2D eigenvalue weighted by Crippen LogP contribution is -2.22. The lowest BCUT2D eigenvalue weighted by Gasteiger charge is -2.10. The third kappa shape index (κ3) is 3.37. The van der Waals surface area contributed by atoms with Crippen molar-refractivity contribution in [1.82, 2.24) is 9.55 Å². The molecule has 1 aromatic carbocycles. The minimum Gasteiger partial charge on any atom is -0.321 e. The summed E-state index contributed by atoms with van der Waals surface area (Å²) in [7, 11) is 0. The molecule has 5 nitrogen and oxygen atoms in total. The van der Waals surface area contributed by atoms with E-state index in [1.54, 1.807) is 12.1 Å². The van der Waals surface area contributed by atoms with Gasteiger partial charge in [0.25, 0.3) is 11.1 Å². The predicted molar refractivity (Wildman–Crippen MR) is 88.7 cm³/mol. The molecule has 0 saturated heterocycles. The Labute approximate surface area is 144 Å². The lowest BCUT2D eigenvalue weighted by molar-refractivity contribution is -0.137. The number of benzene rings is 1. The van der Waals surface area contributed by atoms with Crippen molar-refractivity contribution in [3.63, 3.8) is 0 Å². The summed E-state index contributed by atoms with van der Waals surface area (Å²) in [6, 6.07) is 9.38. The number of pyridine rings is 2. The first-order chi connectivity index (χ1) is 12.3. The van der Waals surface area contributed by atoms with E-state index in [2.05, 4.69) is 4.98 Å². The van der Waals surface area contributed by atoms with Crippen LogP contribution in [0.4, 0.5) is 13.2 Å². The predicted octanol–water partition coefficient (Wildman–Crippen LogP) is 2.82. The molecule has 2 heterocycles. The van der Waals surface area contributed by atoms with Crippen molar-refractivity contribution in [2.45, 2.75) is 19.1 Å². The molecule has 26 heavy (non-hydrogen) atoms. The molecule has 0 unspecified atom stereocenters. The number of alkyl halides is 3. The minimum atomic E-state index is -4.42. The van der Waals surface area contributed by atoms with Crippen LogP contribution in [-0.2, 0) is 19.1 Å². The van der Waals surface area contributed by atoms with E-state index in [-0.39, 0.29) is 23.9 Å². The van der Waals surface area contributed by atoms with Crippen LogP contribution >= 0.6 is 0 Å². The number of halogens is 3. The van der Waals surface area contributed by atoms with Gasteiger partial charge in [-0.05, 0) is 30.2 Å². The normalized spacial score (nSPS) is 11.5. The molecular weight excluding hydrogens is 347 g/mol. The summed E-state index contributed by atoms with van der Waals surface area (Å²) >= 11 is 0. The third-order valence-corrected chi connectivity index (χ3v) is 4.00. The van der Waals surface area contributed by atoms with Crippen LogP contribution in [0.25, 0.3) is 10.9 Å². The highest BCUT2D eigenvalue weighted by Crippen LogP contribution is 2.29. The summed E-state index contributed by atoms with van der Waals surface area (Å²) in [4.78, 5) is 26.6. The van der Waals surface area contributed by atoms with Crippen LogP contribution in [0, 0.1) is 11.3 Å². The average Bonchev–Trinajstić information content (AvgIpc) is 2.60. The van der Waals surface area contributed by atoms with E-state index >= 15 is 0 Å². The molecule has 0 bridgehead atoms. The van der Waals surface area contributed by atoms with Gasteiger partial charge in [0.15, 0.2) is 0 Å². The highest BCUT2D eigenvalue weighted by atomic mass is 19.4. The van der Waals surface area contributed by atoms with Gasteiger partial charge in [-0.15, -0.1) is 0 Å². The van der Waals surface area contributed by atoms with E-state index in [1.807, 2.05) is 0 Å². The van der Waals surface area contributed by atoms with Crippen LogP contribution in [0.15, 0.2) is 52.2 Å². The van der Waals surface area contributed by atoms with Gasteiger partial charge in [0, 0.05) is 12.7 Å². The Morgan fingerprint density at radius 1 is 1.15 bits per heavy atom. The Morgan fingerprint density at radius 2 is 1.92 bits per heavy atom. The number of nitrogens with one attached hydrogen (secondary N) is 1. The number of rotatable bonds is 3. The highest BCUT2D eigenvalue weighted by Gasteiger charge is 2.30. The van der Waals surface area contributed by atoms with Crippen molar-refractivity contribution >= 4 is 10.9 Å². The smallest absolute Gasteiger partial charge is 0.321 e. The molecule has 2 aromatic heterocycles. The quantitative estimate of drug-likeness (QED) is 0.781. The topological polar surface area (TPSA) is 78.7 Å². The molecule has 0 spiro atoms. The van der Waals surface area contributed by atoms with Crippen molar-refractivity contribution in [2.24, 2.45) is 0 Å². The van der Waals surface area contributed by atoms with Crippen LogP contribution in [0.1, 0.15) is 16.7 Å². The molecule has 3 aromatic rings. The maximum Gasteiger partial charge on any atom is 0.416 e. The first-order valence-electron chi connectivity index (χ1n) is 7.62. The third-order valence-electron chi connectivity index (χ3n) is 4.00. The largest absolute Gasteiger partial charge is 0.416 e. The van der Waals surface area contributed by atoms with Crippen LogP contribution in [-0.4, -0.2) is 9.55 Å². The van der Waals surface area contributed by atoms with Gasteiger partial charge in [0.2, 0.25) is 0 Å². The summed E-state index contributed by atoms with van der Waals surface area (Å²) in [5.41, 5.74) is -1.18. The number of nitrogens with zero attached hydrogens (tertiary/aromatic N) is 2. The number of H-pyrrole nitrogens is 1. The van der Waals surface area contributed by atoms with Crippen molar-refractivity contribution < 1.29 is 13.2 Å². The summed E-state index contributed by atoms with van der Waals surface area (Å²) in [5, 5.41) is 9.08. The molecule has 0 atom stereocenters. The number of hydrogen-bond donors (Lipinski definition) is 1. The molecule has 0 aliphatic rings. The van der Waals surface area contributed by atoms with Crippen molar-refractivity contribution in [3.05, 3.63) is 80.0 Å². The molecule has 0 aliphatic carbocycles. The van der Waals surface area contributed by atoms with Gasteiger partial charge in [-0.1, -0.05) is 18.2 Å². The minimum absolute atomic E-state index is 0.164. The zero-order valence-electron chi connectivity index (χ0n) is 13.3. The van der Waals surface area contributed by atoms with Gasteiger partial charge in [-0.25, -0.2) is 0 Å². The molecule has 132 valence electrons. The van der Waals surface area contributed by atoms with E-state index in [4.69, 9.17) is 5.26 Å². The Kier molecular flexibility index (Phi) is 4.38. The Bertz CT molecular complexity index is 1140. The maximum absolute atomic E-state index is 12.8. The Balaban J connectivity index is 1.92. The number of nitriles is 1.